The number of hydrogen-bond acceptors (Lipinski definition) is 4. The van der Waals surface area contributed by atoms with E-state index in [0.717, 1.165) is 0 Å². The Bertz CT molecular complexity index is 698. The molecule has 0 saturated heterocycles. The van der Waals surface area contributed by atoms with Gasteiger partial charge in [0.05, 0.1) is 9.40 Å². The zero-order valence-corrected chi connectivity index (χ0v) is 11.4. The summed E-state index contributed by atoms with van der Waals surface area (Å²) >= 11 is 7.40. The highest BCUT2D eigenvalue weighted by Crippen LogP contribution is 2.43. The van der Waals surface area contributed by atoms with Gasteiger partial charge in [0.25, 0.3) is 0 Å². The van der Waals surface area contributed by atoms with Gasteiger partial charge in [-0.3, -0.25) is 0 Å². The second kappa shape index (κ2) is 3.40. The van der Waals surface area contributed by atoms with Gasteiger partial charge in [-0.15, -0.1) is 45.3 Å². The average molecular weight is 278 g/mol. The lowest BCUT2D eigenvalue weighted by Crippen LogP contribution is -1.65. The van der Waals surface area contributed by atoms with Crippen LogP contribution in [-0.4, -0.2) is 0 Å². The van der Waals surface area contributed by atoms with Gasteiger partial charge in [-0.05, 0) is 22.9 Å². The molecule has 0 spiro atoms. The van der Waals surface area contributed by atoms with Crippen molar-refractivity contribution in [3.8, 4) is 11.1 Å². The van der Waals surface area contributed by atoms with Crippen molar-refractivity contribution < 1.29 is 0 Å². The first-order valence-corrected chi connectivity index (χ1v) is 8.35. The van der Waals surface area contributed by atoms with Crippen LogP contribution in [0.2, 0.25) is 0 Å². The van der Waals surface area contributed by atoms with E-state index in [0.29, 0.717) is 0 Å². The topological polar surface area (TPSA) is 0 Å². The second-order valence-corrected chi connectivity index (χ2v) is 7.18. The molecule has 0 N–H and O–H groups in total. The van der Waals surface area contributed by atoms with E-state index in [-0.39, 0.29) is 0 Å². The first-order chi connectivity index (χ1) is 7.93. The molecule has 16 heavy (non-hydrogen) atoms. The Hall–Kier alpha value is -0.680. The summed E-state index contributed by atoms with van der Waals surface area (Å²) in [6.07, 6.45) is 0. The van der Waals surface area contributed by atoms with E-state index in [2.05, 4.69) is 33.7 Å². The highest BCUT2D eigenvalue weighted by atomic mass is 32.1. The molecule has 0 bridgehead atoms. The Kier molecular flexibility index (Phi) is 1.99. The zero-order valence-electron chi connectivity index (χ0n) is 8.10. The highest BCUT2D eigenvalue weighted by molar-refractivity contribution is 7.28. The molecule has 0 fully saturated rings. The van der Waals surface area contributed by atoms with Gasteiger partial charge >= 0.3 is 0 Å². The number of fused-ring (bicyclic) bond motifs is 2. The van der Waals surface area contributed by atoms with Gasteiger partial charge in [0.2, 0.25) is 0 Å². The van der Waals surface area contributed by atoms with Crippen molar-refractivity contribution >= 4 is 64.1 Å². The van der Waals surface area contributed by atoms with Crippen molar-refractivity contribution in [3.63, 3.8) is 0 Å². The lowest BCUT2D eigenvalue weighted by molar-refractivity contribution is 2.01. The Balaban J connectivity index is 2.11. The molecule has 4 aromatic heterocycles. The van der Waals surface area contributed by atoms with Crippen LogP contribution in [0.15, 0.2) is 33.7 Å². The Morgan fingerprint density at radius 1 is 0.625 bits per heavy atom. The molecule has 0 saturated carbocycles. The van der Waals surface area contributed by atoms with Crippen molar-refractivity contribution in [1.29, 1.82) is 0 Å². The molecule has 0 aliphatic carbocycles. The Morgan fingerprint density at radius 2 is 1.12 bits per heavy atom. The fourth-order valence-electron chi connectivity index (χ4n) is 1.90. The minimum atomic E-state index is 1.41. The molecule has 0 unspecified atom stereocenters. The van der Waals surface area contributed by atoms with Gasteiger partial charge < -0.3 is 0 Å². The summed E-state index contributed by atoms with van der Waals surface area (Å²) in [5.41, 5.74) is 2.84. The predicted molar refractivity (Wildman–Crippen MR) is 78.4 cm³/mol. The van der Waals surface area contributed by atoms with E-state index in [1.807, 2.05) is 45.3 Å². The first kappa shape index (κ1) is 9.36. The highest BCUT2D eigenvalue weighted by Gasteiger charge is 2.12. The van der Waals surface area contributed by atoms with Gasteiger partial charge in [-0.2, -0.15) is 0 Å². The minimum absolute atomic E-state index is 1.41. The van der Waals surface area contributed by atoms with Crippen LogP contribution < -0.4 is 0 Å². The molecule has 0 aromatic carbocycles. The molecule has 0 nitrogen and oxygen atoms in total. The molecule has 0 aliphatic rings. The second-order valence-electron chi connectivity index (χ2n) is 3.53. The van der Waals surface area contributed by atoms with Crippen molar-refractivity contribution in [2.45, 2.75) is 0 Å². The summed E-state index contributed by atoms with van der Waals surface area (Å²) < 4.78 is 5.71. The normalized spacial score (nSPS) is 11.8. The minimum Gasteiger partial charge on any atom is -0.142 e. The van der Waals surface area contributed by atoms with E-state index in [1.54, 1.807) is 0 Å². The molecule has 0 radical (unpaired) electrons. The zero-order chi connectivity index (χ0) is 10.5. The van der Waals surface area contributed by atoms with Gasteiger partial charge in [-0.25, -0.2) is 0 Å². The summed E-state index contributed by atoms with van der Waals surface area (Å²) in [5.74, 6) is 0. The molecule has 78 valence electrons. The third-order valence-electron chi connectivity index (χ3n) is 2.65. The Morgan fingerprint density at radius 3 is 1.62 bits per heavy atom. The van der Waals surface area contributed by atoms with Crippen LogP contribution >= 0.6 is 45.3 Å². The van der Waals surface area contributed by atoms with Crippen molar-refractivity contribution in [1.82, 2.24) is 0 Å². The summed E-state index contributed by atoms with van der Waals surface area (Å²) in [6, 6.07) is 4.43. The van der Waals surface area contributed by atoms with Crippen LogP contribution in [0.4, 0.5) is 0 Å². The average Bonchev–Trinajstić information content (AvgIpc) is 2.97. The van der Waals surface area contributed by atoms with Crippen LogP contribution in [0.25, 0.3) is 29.9 Å². The largest absolute Gasteiger partial charge is 0.142 e. The van der Waals surface area contributed by atoms with Gasteiger partial charge in [0.15, 0.2) is 0 Å². The molecular weight excluding hydrogens is 272 g/mol. The summed E-state index contributed by atoms with van der Waals surface area (Å²) in [6.45, 7) is 0. The lowest BCUT2D eigenvalue weighted by Gasteiger charge is -1.92. The SMILES string of the molecule is c1cc2scc(-c3csc4ccsc34)c2s1. The maximum Gasteiger partial charge on any atom is 0.0529 e. The lowest BCUT2D eigenvalue weighted by atomic mass is 10.2. The van der Waals surface area contributed by atoms with E-state index in [4.69, 9.17) is 0 Å². The van der Waals surface area contributed by atoms with Gasteiger partial charge in [-0.1, -0.05) is 0 Å². The summed E-state index contributed by atoms with van der Waals surface area (Å²) in [4.78, 5) is 0. The first-order valence-electron chi connectivity index (χ1n) is 4.83. The van der Waals surface area contributed by atoms with E-state index in [9.17, 15) is 0 Å². The maximum absolute atomic E-state index is 2.29. The number of hydrogen-bond donors (Lipinski definition) is 0. The predicted octanol–water partition coefficient (Wildman–Crippen LogP) is 5.91. The molecule has 4 heterocycles. The van der Waals surface area contributed by atoms with Gasteiger partial charge in [0, 0.05) is 31.3 Å². The molecule has 4 aromatic rings. The smallest absolute Gasteiger partial charge is 0.0529 e. The number of thiophene rings is 4. The fourth-order valence-corrected chi connectivity index (χ4v) is 6.14. The fraction of sp³-hybridized carbons (Fsp3) is 0. The molecule has 4 heteroatoms. The van der Waals surface area contributed by atoms with Crippen LogP contribution in [0, 0.1) is 0 Å². The summed E-state index contributed by atoms with van der Waals surface area (Å²) in [7, 11) is 0. The van der Waals surface area contributed by atoms with Crippen LogP contribution in [-0.2, 0) is 0 Å². The van der Waals surface area contributed by atoms with Crippen LogP contribution in [0.1, 0.15) is 0 Å². The molecule has 0 amide bonds. The van der Waals surface area contributed by atoms with Gasteiger partial charge in [0.1, 0.15) is 0 Å². The maximum atomic E-state index is 2.29. The standard InChI is InChI=1S/C12H6S4/c1-3-13-11-7(5-15-9(1)11)8-6-16-10-2-4-14-12(8)10/h1-6H. The monoisotopic (exact) mass is 278 g/mol. The van der Waals surface area contributed by atoms with Crippen molar-refractivity contribution in [2.24, 2.45) is 0 Å². The molecular formula is C12H6S4. The molecule has 0 atom stereocenters. The third kappa shape index (κ3) is 1.18. The summed E-state index contributed by atoms with van der Waals surface area (Å²) in [5, 5.41) is 8.95. The third-order valence-corrected chi connectivity index (χ3v) is 6.69. The van der Waals surface area contributed by atoms with Crippen molar-refractivity contribution in [3.05, 3.63) is 33.7 Å². The van der Waals surface area contributed by atoms with Crippen LogP contribution in [0.3, 0.4) is 0 Å². The van der Waals surface area contributed by atoms with Crippen LogP contribution in [0.5, 0.6) is 0 Å². The quantitative estimate of drug-likeness (QED) is 0.406. The van der Waals surface area contributed by atoms with E-state index >= 15 is 0 Å². The van der Waals surface area contributed by atoms with E-state index < -0.39 is 0 Å². The Labute approximate surface area is 108 Å². The van der Waals surface area contributed by atoms with E-state index in [1.165, 1.54) is 29.9 Å². The number of rotatable bonds is 1. The van der Waals surface area contributed by atoms with Crippen molar-refractivity contribution in [2.75, 3.05) is 0 Å². The molecule has 4 rings (SSSR count). The molecule has 0 aliphatic heterocycles.